The van der Waals surface area contributed by atoms with Crippen molar-refractivity contribution in [2.24, 2.45) is 0 Å². The fourth-order valence-electron chi connectivity index (χ4n) is 4.64. The molecule has 1 atom stereocenters. The number of H-pyrrole nitrogens is 1. The molecule has 1 aliphatic rings. The lowest BCUT2D eigenvalue weighted by molar-refractivity contribution is 0.0863. The van der Waals surface area contributed by atoms with Gasteiger partial charge in [-0.25, -0.2) is 4.39 Å². The molecule has 0 saturated heterocycles. The first-order chi connectivity index (χ1) is 17.2. The Kier molecular flexibility index (Phi) is 8.01. The number of benzene rings is 2. The van der Waals surface area contributed by atoms with E-state index in [9.17, 15) is 19.5 Å². The number of hydrogen-bond acceptors (Lipinski definition) is 4. The molecule has 0 spiro atoms. The van der Waals surface area contributed by atoms with E-state index in [0.29, 0.717) is 53.0 Å². The second-order valence-electron chi connectivity index (χ2n) is 9.32. The van der Waals surface area contributed by atoms with Crippen molar-refractivity contribution in [3.8, 4) is 0 Å². The Morgan fingerprint density at radius 3 is 2.53 bits per heavy atom. The standard InChI is InChI=1S/C28H28ClFN2O4/c1-16-12-18(15-31-27(16)35)26(34)14-23(21-4-2-3-5-24(21)29)17-6-11-22(25(30)13-17)28(36)32-19-7-9-20(33)10-8-19/h2-6,11-13,15,19-20,23,33H,7-10,14H2,1H3,(H,31,35)(H,32,36). The van der Waals surface area contributed by atoms with Crippen molar-refractivity contribution in [3.05, 3.63) is 104 Å². The van der Waals surface area contributed by atoms with Gasteiger partial charge in [-0.1, -0.05) is 35.9 Å². The second-order valence-corrected chi connectivity index (χ2v) is 9.73. The van der Waals surface area contributed by atoms with Gasteiger partial charge in [0, 0.05) is 40.7 Å². The first-order valence-corrected chi connectivity index (χ1v) is 12.4. The van der Waals surface area contributed by atoms with Gasteiger partial charge in [0.15, 0.2) is 5.78 Å². The molecule has 1 saturated carbocycles. The van der Waals surface area contributed by atoms with Crippen LogP contribution < -0.4 is 10.9 Å². The molecule has 3 N–H and O–H groups in total. The molecule has 36 heavy (non-hydrogen) atoms. The number of hydrogen-bond donors (Lipinski definition) is 3. The van der Waals surface area contributed by atoms with Crippen LogP contribution in [0.15, 0.2) is 59.5 Å². The zero-order valence-electron chi connectivity index (χ0n) is 19.9. The number of amides is 1. The Bertz CT molecular complexity index is 1330. The number of aryl methyl sites for hydroxylation is 1. The average Bonchev–Trinajstić information content (AvgIpc) is 2.86. The normalized spacial score (nSPS) is 18.4. The van der Waals surface area contributed by atoms with Gasteiger partial charge >= 0.3 is 0 Å². The van der Waals surface area contributed by atoms with Crippen LogP contribution in [0.2, 0.25) is 5.02 Å². The molecular weight excluding hydrogens is 483 g/mol. The van der Waals surface area contributed by atoms with Crippen molar-refractivity contribution in [1.29, 1.82) is 0 Å². The van der Waals surface area contributed by atoms with Crippen LogP contribution in [0, 0.1) is 12.7 Å². The zero-order valence-corrected chi connectivity index (χ0v) is 20.6. The maximum Gasteiger partial charge on any atom is 0.254 e. The SMILES string of the molecule is Cc1cc(C(=O)CC(c2ccc(C(=O)NC3CCC(O)CC3)c(F)c2)c2ccccc2Cl)c[nH]c1=O. The van der Waals surface area contributed by atoms with E-state index < -0.39 is 17.6 Å². The number of carbonyl (C=O) groups excluding carboxylic acids is 2. The molecule has 6 nitrogen and oxygen atoms in total. The molecule has 3 aromatic rings. The van der Waals surface area contributed by atoms with Gasteiger partial charge in [-0.05, 0) is 68.0 Å². The van der Waals surface area contributed by atoms with E-state index in [0.717, 1.165) is 0 Å². The Hall–Kier alpha value is -3.29. The van der Waals surface area contributed by atoms with Gasteiger partial charge < -0.3 is 15.4 Å². The van der Waals surface area contributed by atoms with Gasteiger partial charge in [0.1, 0.15) is 5.82 Å². The summed E-state index contributed by atoms with van der Waals surface area (Å²) in [5, 5.41) is 13.0. The summed E-state index contributed by atoms with van der Waals surface area (Å²) in [5.74, 6) is -1.99. The highest BCUT2D eigenvalue weighted by molar-refractivity contribution is 6.31. The Morgan fingerprint density at radius 1 is 1.14 bits per heavy atom. The number of rotatable bonds is 7. The van der Waals surface area contributed by atoms with Gasteiger partial charge in [0.05, 0.1) is 11.7 Å². The molecule has 0 aliphatic heterocycles. The Balaban J connectivity index is 1.61. The molecule has 1 heterocycles. The van der Waals surface area contributed by atoms with Crippen molar-refractivity contribution in [2.45, 2.75) is 57.1 Å². The van der Waals surface area contributed by atoms with Gasteiger partial charge in [-0.2, -0.15) is 0 Å². The molecular formula is C28H28ClFN2O4. The monoisotopic (exact) mass is 510 g/mol. The highest BCUT2D eigenvalue weighted by atomic mass is 35.5. The molecule has 1 aliphatic carbocycles. The predicted molar refractivity (Wildman–Crippen MR) is 136 cm³/mol. The number of ketones is 1. The number of carbonyl (C=O) groups is 2. The van der Waals surface area contributed by atoms with E-state index in [1.54, 1.807) is 37.3 Å². The molecule has 2 aromatic carbocycles. The summed E-state index contributed by atoms with van der Waals surface area (Å²) in [6, 6.07) is 12.8. The molecule has 1 aromatic heterocycles. The lowest BCUT2D eigenvalue weighted by atomic mass is 9.85. The van der Waals surface area contributed by atoms with Gasteiger partial charge in [-0.15, -0.1) is 0 Å². The van der Waals surface area contributed by atoms with E-state index >= 15 is 4.39 Å². The maximum absolute atomic E-state index is 15.2. The summed E-state index contributed by atoms with van der Waals surface area (Å²) in [7, 11) is 0. The average molecular weight is 511 g/mol. The van der Waals surface area contributed by atoms with Crippen LogP contribution in [0.25, 0.3) is 0 Å². The third kappa shape index (κ3) is 5.91. The Labute approximate surface area is 213 Å². The summed E-state index contributed by atoms with van der Waals surface area (Å²) >= 11 is 6.45. The van der Waals surface area contributed by atoms with E-state index in [1.807, 2.05) is 0 Å². The highest BCUT2D eigenvalue weighted by Crippen LogP contribution is 2.34. The number of pyridine rings is 1. The number of aromatic nitrogens is 1. The van der Waals surface area contributed by atoms with Crippen molar-refractivity contribution in [2.75, 3.05) is 0 Å². The molecule has 1 unspecified atom stereocenters. The number of Topliss-reactive ketones (excluding diaryl/α,β-unsaturated/α-hetero) is 1. The van der Waals surface area contributed by atoms with Crippen LogP contribution in [0.3, 0.4) is 0 Å². The van der Waals surface area contributed by atoms with Crippen LogP contribution in [-0.4, -0.2) is 33.9 Å². The smallest absolute Gasteiger partial charge is 0.254 e. The van der Waals surface area contributed by atoms with Gasteiger partial charge in [0.25, 0.3) is 11.5 Å². The summed E-state index contributed by atoms with van der Waals surface area (Å²) in [6.45, 7) is 1.62. The fourth-order valence-corrected chi connectivity index (χ4v) is 4.91. The van der Waals surface area contributed by atoms with Gasteiger partial charge in [-0.3, -0.25) is 14.4 Å². The second kappa shape index (κ2) is 11.2. The number of halogens is 2. The molecule has 1 amide bonds. The number of aliphatic hydroxyl groups is 1. The van der Waals surface area contributed by atoms with E-state index in [1.165, 1.54) is 24.4 Å². The molecule has 0 radical (unpaired) electrons. The third-order valence-electron chi connectivity index (χ3n) is 6.75. The van der Waals surface area contributed by atoms with E-state index in [4.69, 9.17) is 11.6 Å². The Morgan fingerprint density at radius 2 is 1.86 bits per heavy atom. The van der Waals surface area contributed by atoms with Crippen LogP contribution in [0.5, 0.6) is 0 Å². The minimum Gasteiger partial charge on any atom is -0.393 e. The minimum absolute atomic E-state index is 0.00932. The van der Waals surface area contributed by atoms with E-state index in [2.05, 4.69) is 10.3 Å². The topological polar surface area (TPSA) is 99.3 Å². The van der Waals surface area contributed by atoms with Crippen molar-refractivity contribution in [3.63, 3.8) is 0 Å². The first-order valence-electron chi connectivity index (χ1n) is 12.0. The summed E-state index contributed by atoms with van der Waals surface area (Å²) < 4.78 is 15.2. The third-order valence-corrected chi connectivity index (χ3v) is 7.10. The summed E-state index contributed by atoms with van der Waals surface area (Å²) in [5.41, 5.74) is 1.58. The predicted octanol–water partition coefficient (Wildman–Crippen LogP) is 4.91. The molecule has 1 fully saturated rings. The largest absolute Gasteiger partial charge is 0.393 e. The lowest BCUT2D eigenvalue weighted by Crippen LogP contribution is -2.38. The minimum atomic E-state index is -0.690. The highest BCUT2D eigenvalue weighted by Gasteiger charge is 2.25. The van der Waals surface area contributed by atoms with Gasteiger partial charge in [0.2, 0.25) is 0 Å². The van der Waals surface area contributed by atoms with Crippen LogP contribution in [-0.2, 0) is 0 Å². The molecule has 0 bridgehead atoms. The number of aliphatic hydroxyl groups excluding tert-OH is 1. The van der Waals surface area contributed by atoms with Crippen LogP contribution in [0.1, 0.15) is 75.4 Å². The number of nitrogens with one attached hydrogen (secondary N) is 2. The number of aromatic amines is 1. The van der Waals surface area contributed by atoms with Crippen molar-refractivity contribution < 1.29 is 19.1 Å². The fraction of sp³-hybridized carbons (Fsp3) is 0.321. The molecule has 8 heteroatoms. The molecule has 4 rings (SSSR count). The molecule has 188 valence electrons. The van der Waals surface area contributed by atoms with Crippen molar-refractivity contribution in [1.82, 2.24) is 10.3 Å². The van der Waals surface area contributed by atoms with E-state index in [-0.39, 0.29) is 35.5 Å². The lowest BCUT2D eigenvalue weighted by Gasteiger charge is -2.26. The summed E-state index contributed by atoms with van der Waals surface area (Å²) in [4.78, 5) is 40.1. The van der Waals surface area contributed by atoms with Crippen molar-refractivity contribution >= 4 is 23.3 Å². The maximum atomic E-state index is 15.2. The van der Waals surface area contributed by atoms with Crippen LogP contribution >= 0.6 is 11.6 Å². The summed E-state index contributed by atoms with van der Waals surface area (Å²) in [6.07, 6.45) is 3.52. The zero-order chi connectivity index (χ0) is 25.8. The quantitative estimate of drug-likeness (QED) is 0.393. The van der Waals surface area contributed by atoms with Crippen LogP contribution in [0.4, 0.5) is 4.39 Å². The first kappa shape index (κ1) is 25.8.